The Morgan fingerprint density at radius 3 is 2.48 bits per heavy atom. The summed E-state index contributed by atoms with van der Waals surface area (Å²) in [7, 11) is 0. The van der Waals surface area contributed by atoms with Gasteiger partial charge in [-0.15, -0.1) is 0 Å². The van der Waals surface area contributed by atoms with Crippen LogP contribution in [0.25, 0.3) is 0 Å². The molecule has 1 aliphatic carbocycles. The van der Waals surface area contributed by atoms with Crippen molar-refractivity contribution in [3.63, 3.8) is 0 Å². The largest absolute Gasteiger partial charge is 0.466 e. The Labute approximate surface area is 128 Å². The molecule has 1 fully saturated rings. The summed E-state index contributed by atoms with van der Waals surface area (Å²) < 4.78 is 6.05. The number of hydrogen-bond acceptors (Lipinski definition) is 2. The summed E-state index contributed by atoms with van der Waals surface area (Å²) in [6.07, 6.45) is 6.46. The standard InChI is InChI=1S/C19H28O2/c1-12-7-8-16(10-13(2)9-12)17-11-14(3)18(15(4)21-17)19(5,6)20/h11-12,16,20H,2-3,7-10H2,1,4-6H3. The molecular formula is C19H28O2. The summed E-state index contributed by atoms with van der Waals surface area (Å²) in [6.45, 7) is 16.1. The summed E-state index contributed by atoms with van der Waals surface area (Å²) in [5.74, 6) is 2.85. The first-order chi connectivity index (χ1) is 9.68. The Morgan fingerprint density at radius 1 is 1.24 bits per heavy atom. The molecule has 2 atom stereocenters. The maximum Gasteiger partial charge on any atom is 0.108 e. The summed E-state index contributed by atoms with van der Waals surface area (Å²) >= 11 is 0. The van der Waals surface area contributed by atoms with Crippen molar-refractivity contribution in [2.75, 3.05) is 0 Å². The molecule has 1 heterocycles. The zero-order valence-electron chi connectivity index (χ0n) is 13.8. The molecule has 0 aromatic carbocycles. The number of aliphatic hydroxyl groups is 1. The third-order valence-electron chi connectivity index (χ3n) is 4.45. The van der Waals surface area contributed by atoms with E-state index in [4.69, 9.17) is 4.74 Å². The zero-order chi connectivity index (χ0) is 15.8. The van der Waals surface area contributed by atoms with Crippen LogP contribution in [0.3, 0.4) is 0 Å². The van der Waals surface area contributed by atoms with Crippen molar-refractivity contribution >= 4 is 0 Å². The monoisotopic (exact) mass is 288 g/mol. The molecule has 0 aromatic rings. The molecule has 0 bridgehead atoms. The quantitative estimate of drug-likeness (QED) is 0.579. The summed E-state index contributed by atoms with van der Waals surface area (Å²) in [5, 5.41) is 10.3. The minimum atomic E-state index is -0.926. The van der Waals surface area contributed by atoms with Gasteiger partial charge in [-0.1, -0.05) is 25.7 Å². The smallest absolute Gasteiger partial charge is 0.108 e. The highest BCUT2D eigenvalue weighted by molar-refractivity contribution is 5.47. The van der Waals surface area contributed by atoms with E-state index in [-0.39, 0.29) is 0 Å². The first-order valence-electron chi connectivity index (χ1n) is 7.87. The van der Waals surface area contributed by atoms with Crippen molar-refractivity contribution in [3.05, 3.63) is 47.5 Å². The Hall–Kier alpha value is -1.28. The fraction of sp³-hybridized carbons (Fsp3) is 0.579. The molecule has 2 nitrogen and oxygen atoms in total. The van der Waals surface area contributed by atoms with E-state index in [0.717, 1.165) is 41.9 Å². The van der Waals surface area contributed by atoms with Crippen molar-refractivity contribution in [2.45, 2.75) is 59.0 Å². The molecule has 0 radical (unpaired) electrons. The molecule has 0 saturated heterocycles. The molecule has 1 aliphatic heterocycles. The lowest BCUT2D eigenvalue weighted by Gasteiger charge is -2.31. The predicted molar refractivity (Wildman–Crippen MR) is 87.6 cm³/mol. The highest BCUT2D eigenvalue weighted by Gasteiger charge is 2.31. The molecule has 2 aliphatic rings. The van der Waals surface area contributed by atoms with E-state index in [0.29, 0.717) is 11.8 Å². The number of ether oxygens (including phenoxy) is 1. The third-order valence-corrected chi connectivity index (χ3v) is 4.45. The maximum absolute atomic E-state index is 10.3. The molecule has 0 spiro atoms. The second-order valence-corrected chi connectivity index (χ2v) is 7.20. The summed E-state index contributed by atoms with van der Waals surface area (Å²) in [4.78, 5) is 0. The van der Waals surface area contributed by atoms with Gasteiger partial charge in [-0.25, -0.2) is 0 Å². The lowest BCUT2D eigenvalue weighted by Crippen LogP contribution is -2.27. The Morgan fingerprint density at radius 2 is 1.90 bits per heavy atom. The van der Waals surface area contributed by atoms with Crippen LogP contribution in [0.2, 0.25) is 0 Å². The minimum absolute atomic E-state index is 0.387. The molecule has 0 aromatic heterocycles. The van der Waals surface area contributed by atoms with E-state index in [1.807, 2.05) is 13.0 Å². The topological polar surface area (TPSA) is 29.5 Å². The van der Waals surface area contributed by atoms with Crippen LogP contribution in [0, 0.1) is 11.8 Å². The summed E-state index contributed by atoms with van der Waals surface area (Å²) in [6, 6.07) is 0. The van der Waals surface area contributed by atoms with Gasteiger partial charge in [0.25, 0.3) is 0 Å². The first kappa shape index (κ1) is 16.1. The zero-order valence-corrected chi connectivity index (χ0v) is 13.8. The fourth-order valence-electron chi connectivity index (χ4n) is 3.61. The molecule has 21 heavy (non-hydrogen) atoms. The normalized spacial score (nSPS) is 28.1. The Kier molecular flexibility index (Phi) is 4.48. The van der Waals surface area contributed by atoms with Gasteiger partial charge in [0.05, 0.1) is 5.60 Å². The van der Waals surface area contributed by atoms with E-state index in [2.05, 4.69) is 20.1 Å². The molecule has 1 N–H and O–H groups in total. The molecular weight excluding hydrogens is 260 g/mol. The van der Waals surface area contributed by atoms with Crippen LogP contribution in [-0.2, 0) is 4.74 Å². The highest BCUT2D eigenvalue weighted by Crippen LogP contribution is 2.40. The van der Waals surface area contributed by atoms with Crippen molar-refractivity contribution in [1.29, 1.82) is 0 Å². The predicted octanol–water partition coefficient (Wildman–Crippen LogP) is 4.88. The lowest BCUT2D eigenvalue weighted by atomic mass is 9.86. The van der Waals surface area contributed by atoms with Crippen LogP contribution in [-0.4, -0.2) is 10.7 Å². The molecule has 2 unspecified atom stereocenters. The molecule has 2 rings (SSSR count). The van der Waals surface area contributed by atoms with Crippen LogP contribution in [0.15, 0.2) is 47.5 Å². The van der Waals surface area contributed by atoms with Crippen molar-refractivity contribution < 1.29 is 9.84 Å². The van der Waals surface area contributed by atoms with E-state index in [1.54, 1.807) is 13.8 Å². The lowest BCUT2D eigenvalue weighted by molar-refractivity contribution is 0.111. The Bertz CT molecular complexity index is 514. The van der Waals surface area contributed by atoms with Crippen LogP contribution < -0.4 is 0 Å². The first-order valence-corrected chi connectivity index (χ1v) is 7.87. The van der Waals surface area contributed by atoms with Gasteiger partial charge in [0.15, 0.2) is 0 Å². The average molecular weight is 288 g/mol. The van der Waals surface area contributed by atoms with E-state index >= 15 is 0 Å². The number of allylic oxidation sites excluding steroid dienone is 4. The summed E-state index contributed by atoms with van der Waals surface area (Å²) in [5.41, 5.74) is 2.05. The van der Waals surface area contributed by atoms with Crippen LogP contribution in [0.4, 0.5) is 0 Å². The number of rotatable bonds is 2. The Balaban J connectivity index is 2.21. The maximum atomic E-state index is 10.3. The van der Waals surface area contributed by atoms with Crippen molar-refractivity contribution in [1.82, 2.24) is 0 Å². The minimum Gasteiger partial charge on any atom is -0.466 e. The van der Waals surface area contributed by atoms with Gasteiger partial charge in [-0.05, 0) is 64.0 Å². The van der Waals surface area contributed by atoms with Crippen LogP contribution >= 0.6 is 0 Å². The SMILES string of the molecule is C=C1CC(C)CCC(C2=CC(=C)C(C(C)(C)O)=C(C)O2)C1. The average Bonchev–Trinajstić information content (AvgIpc) is 2.47. The van der Waals surface area contributed by atoms with Crippen molar-refractivity contribution in [3.8, 4) is 0 Å². The fourth-order valence-corrected chi connectivity index (χ4v) is 3.61. The molecule has 116 valence electrons. The highest BCUT2D eigenvalue weighted by atomic mass is 16.5. The van der Waals surface area contributed by atoms with Crippen molar-refractivity contribution in [2.24, 2.45) is 11.8 Å². The molecule has 1 saturated carbocycles. The van der Waals surface area contributed by atoms with Gasteiger partial charge in [-0.2, -0.15) is 0 Å². The van der Waals surface area contributed by atoms with Gasteiger partial charge in [0, 0.05) is 11.5 Å². The van der Waals surface area contributed by atoms with E-state index in [9.17, 15) is 5.11 Å². The molecule has 2 heteroatoms. The van der Waals surface area contributed by atoms with Gasteiger partial charge in [0.1, 0.15) is 11.5 Å². The number of hydrogen-bond donors (Lipinski definition) is 1. The second kappa shape index (κ2) is 5.84. The van der Waals surface area contributed by atoms with Gasteiger partial charge in [-0.3, -0.25) is 0 Å². The van der Waals surface area contributed by atoms with Gasteiger partial charge >= 0.3 is 0 Å². The third kappa shape index (κ3) is 3.68. The second-order valence-electron chi connectivity index (χ2n) is 7.20. The van der Waals surface area contributed by atoms with E-state index in [1.165, 1.54) is 12.0 Å². The van der Waals surface area contributed by atoms with E-state index < -0.39 is 5.60 Å². The van der Waals surface area contributed by atoms with Gasteiger partial charge in [0.2, 0.25) is 0 Å². The molecule has 0 amide bonds. The van der Waals surface area contributed by atoms with Gasteiger partial charge < -0.3 is 9.84 Å². The van der Waals surface area contributed by atoms with Crippen LogP contribution in [0.1, 0.15) is 53.4 Å². The van der Waals surface area contributed by atoms with Crippen LogP contribution in [0.5, 0.6) is 0 Å².